The molecule has 1 atom stereocenters. The molecule has 5 heteroatoms. The van der Waals surface area contributed by atoms with E-state index in [9.17, 15) is 4.79 Å². The normalized spacial score (nSPS) is 25.3. The maximum Gasteiger partial charge on any atom is 0.251 e. The first-order valence-corrected chi connectivity index (χ1v) is 6.62. The van der Waals surface area contributed by atoms with Crippen LogP contribution < -0.4 is 5.56 Å². The van der Waals surface area contributed by atoms with E-state index in [0.717, 1.165) is 31.3 Å². The van der Waals surface area contributed by atoms with E-state index in [-0.39, 0.29) is 11.6 Å². The van der Waals surface area contributed by atoms with E-state index in [1.165, 1.54) is 12.8 Å². The Hall–Kier alpha value is -1.20. The number of aromatic nitrogens is 2. The van der Waals surface area contributed by atoms with Crippen LogP contribution in [0.1, 0.15) is 30.4 Å². The van der Waals surface area contributed by atoms with Gasteiger partial charge in [-0.3, -0.25) is 9.69 Å². The minimum Gasteiger partial charge on any atom is -0.378 e. The minimum absolute atomic E-state index is 0.0746. The van der Waals surface area contributed by atoms with Crippen LogP contribution in [-0.4, -0.2) is 41.2 Å². The van der Waals surface area contributed by atoms with Gasteiger partial charge >= 0.3 is 0 Å². The summed E-state index contributed by atoms with van der Waals surface area (Å²) in [6.45, 7) is 5.30. The molecule has 1 aromatic heterocycles. The second kappa shape index (κ2) is 4.82. The zero-order valence-electron chi connectivity index (χ0n) is 10.7. The molecule has 1 N–H and O–H groups in total. The lowest BCUT2D eigenvalue weighted by atomic mass is 10.1. The van der Waals surface area contributed by atoms with Crippen LogP contribution in [0.5, 0.6) is 0 Å². The van der Waals surface area contributed by atoms with E-state index in [1.807, 2.05) is 6.92 Å². The number of ether oxygens (including phenoxy) is 1. The van der Waals surface area contributed by atoms with Crippen LogP contribution in [0.15, 0.2) is 10.9 Å². The third-order valence-corrected chi connectivity index (χ3v) is 3.65. The number of aromatic amines is 1. The summed E-state index contributed by atoms with van der Waals surface area (Å²) >= 11 is 0. The van der Waals surface area contributed by atoms with Crippen molar-refractivity contribution >= 4 is 0 Å². The van der Waals surface area contributed by atoms with Gasteiger partial charge in [0.05, 0.1) is 24.9 Å². The van der Waals surface area contributed by atoms with Crippen LogP contribution in [0.3, 0.4) is 0 Å². The highest BCUT2D eigenvalue weighted by Crippen LogP contribution is 2.33. The molecule has 0 amide bonds. The molecule has 5 nitrogen and oxygen atoms in total. The molecule has 0 unspecified atom stereocenters. The van der Waals surface area contributed by atoms with Crippen LogP contribution in [0.2, 0.25) is 0 Å². The summed E-state index contributed by atoms with van der Waals surface area (Å²) in [4.78, 5) is 21.1. The number of hydrogen-bond donors (Lipinski definition) is 1. The Morgan fingerprint density at radius 2 is 2.39 bits per heavy atom. The highest BCUT2D eigenvalue weighted by molar-refractivity contribution is 5.09. The first-order chi connectivity index (χ1) is 8.72. The number of nitrogens with zero attached hydrogens (tertiary/aromatic N) is 2. The van der Waals surface area contributed by atoms with Crippen molar-refractivity contribution in [2.24, 2.45) is 5.92 Å². The fourth-order valence-corrected chi connectivity index (χ4v) is 2.53. The zero-order valence-corrected chi connectivity index (χ0v) is 10.7. The fourth-order valence-electron chi connectivity index (χ4n) is 2.53. The Morgan fingerprint density at radius 3 is 3.11 bits per heavy atom. The average molecular weight is 249 g/mol. The van der Waals surface area contributed by atoms with E-state index in [0.29, 0.717) is 12.4 Å². The van der Waals surface area contributed by atoms with E-state index >= 15 is 0 Å². The Balaban J connectivity index is 1.83. The molecular weight excluding hydrogens is 230 g/mol. The Kier molecular flexibility index (Phi) is 3.18. The largest absolute Gasteiger partial charge is 0.378 e. The Labute approximate surface area is 106 Å². The molecule has 98 valence electrons. The lowest BCUT2D eigenvalue weighted by molar-refractivity contribution is -0.0122. The summed E-state index contributed by atoms with van der Waals surface area (Å²) in [5.41, 5.74) is 0.769. The summed E-state index contributed by atoms with van der Waals surface area (Å²) < 4.78 is 5.55. The monoisotopic (exact) mass is 249 g/mol. The van der Waals surface area contributed by atoms with Crippen LogP contribution in [0.25, 0.3) is 0 Å². The van der Waals surface area contributed by atoms with Gasteiger partial charge in [0.15, 0.2) is 0 Å². The molecule has 1 saturated heterocycles. The quantitative estimate of drug-likeness (QED) is 0.863. The molecule has 1 aliphatic heterocycles. The molecule has 0 aromatic carbocycles. The van der Waals surface area contributed by atoms with Gasteiger partial charge in [0, 0.05) is 19.2 Å². The number of rotatable bonds is 3. The van der Waals surface area contributed by atoms with E-state index in [4.69, 9.17) is 4.74 Å². The van der Waals surface area contributed by atoms with Gasteiger partial charge in [0.25, 0.3) is 5.56 Å². The topological polar surface area (TPSA) is 58.2 Å². The van der Waals surface area contributed by atoms with Crippen LogP contribution in [-0.2, 0) is 4.74 Å². The molecule has 0 bridgehead atoms. The smallest absolute Gasteiger partial charge is 0.251 e. The molecule has 2 aliphatic rings. The van der Waals surface area contributed by atoms with Crippen molar-refractivity contribution in [2.45, 2.75) is 25.8 Å². The van der Waals surface area contributed by atoms with Crippen molar-refractivity contribution in [2.75, 3.05) is 26.3 Å². The maximum atomic E-state index is 11.5. The Morgan fingerprint density at radius 1 is 1.56 bits per heavy atom. The van der Waals surface area contributed by atoms with Gasteiger partial charge in [0.1, 0.15) is 5.82 Å². The fraction of sp³-hybridized carbons (Fsp3) is 0.692. The summed E-state index contributed by atoms with van der Waals surface area (Å²) in [6, 6.07) is 1.74. The summed E-state index contributed by atoms with van der Waals surface area (Å²) in [7, 11) is 0. The van der Waals surface area contributed by atoms with E-state index < -0.39 is 0 Å². The van der Waals surface area contributed by atoms with Crippen molar-refractivity contribution in [3.8, 4) is 0 Å². The van der Waals surface area contributed by atoms with Gasteiger partial charge in [-0.1, -0.05) is 0 Å². The Bertz CT molecular complexity index is 481. The third-order valence-electron chi connectivity index (χ3n) is 3.65. The first kappa shape index (κ1) is 11.9. The summed E-state index contributed by atoms with van der Waals surface area (Å²) in [5.74, 6) is 1.52. The van der Waals surface area contributed by atoms with Crippen molar-refractivity contribution in [1.29, 1.82) is 0 Å². The van der Waals surface area contributed by atoms with Crippen molar-refractivity contribution < 1.29 is 4.74 Å². The predicted octanol–water partition coefficient (Wildman–Crippen LogP) is 0.862. The average Bonchev–Trinajstić information content (AvgIpc) is 3.12. The van der Waals surface area contributed by atoms with Crippen LogP contribution in [0.4, 0.5) is 0 Å². The zero-order chi connectivity index (χ0) is 12.5. The third kappa shape index (κ3) is 2.62. The minimum atomic E-state index is -0.0746. The predicted molar refractivity (Wildman–Crippen MR) is 67.5 cm³/mol. The molecule has 1 saturated carbocycles. The van der Waals surface area contributed by atoms with Crippen molar-refractivity contribution in [3.05, 3.63) is 27.9 Å². The van der Waals surface area contributed by atoms with Gasteiger partial charge in [-0.15, -0.1) is 0 Å². The molecule has 1 aliphatic carbocycles. The molecular formula is C13H19N3O2. The number of H-pyrrole nitrogens is 1. The van der Waals surface area contributed by atoms with Gasteiger partial charge < -0.3 is 9.72 Å². The van der Waals surface area contributed by atoms with Gasteiger partial charge in [-0.2, -0.15) is 0 Å². The van der Waals surface area contributed by atoms with Gasteiger partial charge in [-0.25, -0.2) is 4.98 Å². The molecule has 0 radical (unpaired) electrons. The molecule has 18 heavy (non-hydrogen) atoms. The number of nitrogens with one attached hydrogen (secondary N) is 1. The standard InChI is InChI=1S/C13H19N3O2/c1-9-14-11(6-13(17)15-9)12-8-18-5-4-16(12)7-10-2-3-10/h6,10,12H,2-5,7-8H2,1H3,(H,14,15,17)/t12-/m0/s1. The van der Waals surface area contributed by atoms with Crippen molar-refractivity contribution in [3.63, 3.8) is 0 Å². The van der Waals surface area contributed by atoms with E-state index in [1.54, 1.807) is 6.07 Å². The van der Waals surface area contributed by atoms with Gasteiger partial charge in [0.2, 0.25) is 0 Å². The number of hydrogen-bond acceptors (Lipinski definition) is 4. The summed E-state index contributed by atoms with van der Waals surface area (Å²) in [6.07, 6.45) is 2.68. The molecule has 2 fully saturated rings. The number of aryl methyl sites for hydroxylation is 1. The summed E-state index contributed by atoms with van der Waals surface area (Å²) in [5, 5.41) is 0. The van der Waals surface area contributed by atoms with Crippen LogP contribution in [0, 0.1) is 12.8 Å². The second-order valence-corrected chi connectivity index (χ2v) is 5.28. The SMILES string of the molecule is Cc1nc([C@@H]2COCCN2CC2CC2)cc(=O)[nH]1. The lowest BCUT2D eigenvalue weighted by Crippen LogP contribution is -2.41. The lowest BCUT2D eigenvalue weighted by Gasteiger charge is -2.35. The van der Waals surface area contributed by atoms with Crippen molar-refractivity contribution in [1.82, 2.24) is 14.9 Å². The van der Waals surface area contributed by atoms with Crippen LogP contribution >= 0.6 is 0 Å². The molecule has 1 aromatic rings. The van der Waals surface area contributed by atoms with E-state index in [2.05, 4.69) is 14.9 Å². The molecule has 2 heterocycles. The van der Waals surface area contributed by atoms with Gasteiger partial charge in [-0.05, 0) is 25.7 Å². The highest BCUT2D eigenvalue weighted by atomic mass is 16.5. The second-order valence-electron chi connectivity index (χ2n) is 5.28. The maximum absolute atomic E-state index is 11.5. The molecule has 0 spiro atoms. The first-order valence-electron chi connectivity index (χ1n) is 6.62. The molecule has 3 rings (SSSR count). The number of morpholine rings is 1. The highest BCUT2D eigenvalue weighted by Gasteiger charge is 2.31.